The summed E-state index contributed by atoms with van der Waals surface area (Å²) in [6, 6.07) is 6.84. The summed E-state index contributed by atoms with van der Waals surface area (Å²) < 4.78 is 5.82. The number of hydrogen-bond acceptors (Lipinski definition) is 3. The summed E-state index contributed by atoms with van der Waals surface area (Å²) in [6.07, 6.45) is 1.32. The third-order valence-electron chi connectivity index (χ3n) is 3.15. The first-order chi connectivity index (χ1) is 9.93. The van der Waals surface area contributed by atoms with Crippen LogP contribution in [-0.4, -0.2) is 24.6 Å². The van der Waals surface area contributed by atoms with Crippen LogP contribution in [0.2, 0.25) is 5.02 Å². The average Bonchev–Trinajstić information content (AvgIpc) is 2.44. The monoisotopic (exact) mass is 348 g/mol. The Bertz CT molecular complexity index is 456. The summed E-state index contributed by atoms with van der Waals surface area (Å²) in [5.74, 6) is 0.892. The van der Waals surface area contributed by atoms with Gasteiger partial charge in [0, 0.05) is 0 Å². The van der Waals surface area contributed by atoms with Crippen molar-refractivity contribution in [3.05, 3.63) is 29.3 Å². The second-order valence-corrected chi connectivity index (χ2v) is 5.97. The first-order valence-corrected chi connectivity index (χ1v) is 7.76. The van der Waals surface area contributed by atoms with Crippen molar-refractivity contribution >= 4 is 29.9 Å². The van der Waals surface area contributed by atoms with Crippen LogP contribution in [0.4, 0.5) is 0 Å². The number of amides is 1. The Morgan fingerprint density at radius 3 is 2.55 bits per heavy atom. The van der Waals surface area contributed by atoms with Gasteiger partial charge in [0.15, 0.2) is 0 Å². The van der Waals surface area contributed by atoms with Crippen molar-refractivity contribution in [1.82, 2.24) is 5.32 Å². The van der Waals surface area contributed by atoms with Crippen LogP contribution in [-0.2, 0) is 4.79 Å². The summed E-state index contributed by atoms with van der Waals surface area (Å²) in [5.41, 5.74) is 5.85. The van der Waals surface area contributed by atoms with Crippen LogP contribution in [0.1, 0.15) is 33.6 Å². The van der Waals surface area contributed by atoms with Gasteiger partial charge >= 0.3 is 0 Å². The Hall–Kier alpha value is -0.970. The molecule has 0 aliphatic heterocycles. The second-order valence-electron chi connectivity index (χ2n) is 5.56. The molecule has 0 aliphatic rings. The number of nitrogens with two attached hydrogens (primary N) is 1. The van der Waals surface area contributed by atoms with E-state index < -0.39 is 6.04 Å². The zero-order valence-electron chi connectivity index (χ0n) is 13.3. The minimum Gasteiger partial charge on any atom is -0.487 e. The van der Waals surface area contributed by atoms with Crippen molar-refractivity contribution in [1.29, 1.82) is 0 Å². The highest BCUT2D eigenvalue weighted by Crippen LogP contribution is 2.24. The third kappa shape index (κ3) is 7.34. The minimum absolute atomic E-state index is 0. The molecule has 0 bridgehead atoms. The molecule has 3 N–H and O–H groups in total. The van der Waals surface area contributed by atoms with E-state index in [2.05, 4.69) is 5.32 Å². The molecular formula is C16H26Cl2N2O2. The molecule has 1 amide bonds. The maximum atomic E-state index is 11.9. The van der Waals surface area contributed by atoms with Gasteiger partial charge in [0.2, 0.25) is 5.91 Å². The molecule has 0 aromatic heterocycles. The van der Waals surface area contributed by atoms with Gasteiger partial charge in [-0.05, 0) is 30.9 Å². The molecule has 1 aromatic rings. The Kier molecular flexibility index (Phi) is 10.2. The smallest absolute Gasteiger partial charge is 0.237 e. The summed E-state index contributed by atoms with van der Waals surface area (Å²) in [4.78, 5) is 11.9. The van der Waals surface area contributed by atoms with E-state index >= 15 is 0 Å². The number of rotatable bonds is 8. The molecule has 2 atom stereocenters. The fraction of sp³-hybridized carbons (Fsp3) is 0.562. The fourth-order valence-electron chi connectivity index (χ4n) is 1.95. The molecule has 126 valence electrons. The number of hydrogen-bond donors (Lipinski definition) is 2. The summed E-state index contributed by atoms with van der Waals surface area (Å²) in [5, 5.41) is 3.41. The Balaban J connectivity index is 0.00000441. The number of carbonyl (C=O) groups is 1. The maximum Gasteiger partial charge on any atom is 0.237 e. The van der Waals surface area contributed by atoms with E-state index in [-0.39, 0.29) is 24.4 Å². The Morgan fingerprint density at radius 1 is 1.36 bits per heavy atom. The standard InChI is InChI=1S/C16H25ClN2O2.ClH/c1-4-12(21-15-8-6-5-7-13(15)17)10-19-16(20)14(18)9-11(2)3;/h5-8,11-12,14H,4,9-10,18H2,1-3H3,(H,19,20);1H/t12?,14-;/m0./s1. The van der Waals surface area contributed by atoms with Crippen LogP contribution in [0.5, 0.6) is 5.75 Å². The van der Waals surface area contributed by atoms with Gasteiger partial charge in [0.25, 0.3) is 0 Å². The second kappa shape index (κ2) is 10.7. The van der Waals surface area contributed by atoms with E-state index in [0.717, 1.165) is 6.42 Å². The summed E-state index contributed by atoms with van der Waals surface area (Å²) in [6.45, 7) is 6.51. The zero-order valence-corrected chi connectivity index (χ0v) is 14.9. The lowest BCUT2D eigenvalue weighted by Crippen LogP contribution is -2.44. The van der Waals surface area contributed by atoms with Gasteiger partial charge in [0.1, 0.15) is 11.9 Å². The number of nitrogens with one attached hydrogen (secondary N) is 1. The highest BCUT2D eigenvalue weighted by Gasteiger charge is 2.17. The van der Waals surface area contributed by atoms with Crippen molar-refractivity contribution in [2.75, 3.05) is 6.54 Å². The molecule has 22 heavy (non-hydrogen) atoms. The molecule has 1 rings (SSSR count). The number of benzene rings is 1. The van der Waals surface area contributed by atoms with Crippen LogP contribution in [0, 0.1) is 5.92 Å². The third-order valence-corrected chi connectivity index (χ3v) is 3.46. The lowest BCUT2D eigenvalue weighted by molar-refractivity contribution is -0.123. The SMILES string of the molecule is CCC(CNC(=O)[C@@H](N)CC(C)C)Oc1ccccc1Cl.Cl. The lowest BCUT2D eigenvalue weighted by atomic mass is 10.0. The number of ether oxygens (including phenoxy) is 1. The van der Waals surface area contributed by atoms with Gasteiger partial charge in [-0.1, -0.05) is 44.5 Å². The predicted molar refractivity (Wildman–Crippen MR) is 93.8 cm³/mol. The van der Waals surface area contributed by atoms with Crippen LogP contribution in [0.15, 0.2) is 24.3 Å². The molecule has 1 aromatic carbocycles. The molecule has 0 aliphatic carbocycles. The number of halogens is 2. The maximum absolute atomic E-state index is 11.9. The van der Waals surface area contributed by atoms with Crippen molar-refractivity contribution in [3.63, 3.8) is 0 Å². The van der Waals surface area contributed by atoms with Crippen molar-refractivity contribution < 1.29 is 9.53 Å². The molecule has 6 heteroatoms. The van der Waals surface area contributed by atoms with Gasteiger partial charge in [0.05, 0.1) is 17.6 Å². The molecule has 0 fully saturated rings. The molecule has 1 unspecified atom stereocenters. The van der Waals surface area contributed by atoms with E-state index in [0.29, 0.717) is 29.7 Å². The molecule has 0 spiro atoms. The van der Waals surface area contributed by atoms with Crippen molar-refractivity contribution in [2.24, 2.45) is 11.7 Å². The average molecular weight is 349 g/mol. The molecular weight excluding hydrogens is 323 g/mol. The molecule has 0 saturated heterocycles. The van der Waals surface area contributed by atoms with E-state index in [1.54, 1.807) is 6.07 Å². The van der Waals surface area contributed by atoms with Crippen LogP contribution < -0.4 is 15.8 Å². The lowest BCUT2D eigenvalue weighted by Gasteiger charge is -2.20. The Morgan fingerprint density at radius 2 is 2.00 bits per heavy atom. The quantitative estimate of drug-likeness (QED) is 0.756. The van der Waals surface area contributed by atoms with Crippen molar-refractivity contribution in [2.45, 2.75) is 45.8 Å². The van der Waals surface area contributed by atoms with Crippen LogP contribution in [0.3, 0.4) is 0 Å². The molecule has 0 heterocycles. The van der Waals surface area contributed by atoms with Crippen LogP contribution >= 0.6 is 24.0 Å². The van der Waals surface area contributed by atoms with Crippen molar-refractivity contribution in [3.8, 4) is 5.75 Å². The van der Waals surface area contributed by atoms with E-state index in [1.807, 2.05) is 39.0 Å². The molecule has 0 radical (unpaired) electrons. The van der Waals surface area contributed by atoms with E-state index in [1.165, 1.54) is 0 Å². The van der Waals surface area contributed by atoms with Gasteiger partial charge in [-0.3, -0.25) is 4.79 Å². The summed E-state index contributed by atoms with van der Waals surface area (Å²) >= 11 is 6.06. The van der Waals surface area contributed by atoms with Gasteiger partial charge < -0.3 is 15.8 Å². The van der Waals surface area contributed by atoms with Gasteiger partial charge in [-0.25, -0.2) is 0 Å². The van der Waals surface area contributed by atoms with E-state index in [4.69, 9.17) is 22.1 Å². The fourth-order valence-corrected chi connectivity index (χ4v) is 2.13. The first-order valence-electron chi connectivity index (χ1n) is 7.38. The highest BCUT2D eigenvalue weighted by atomic mass is 35.5. The summed E-state index contributed by atoms with van der Waals surface area (Å²) in [7, 11) is 0. The van der Waals surface area contributed by atoms with Crippen LogP contribution in [0.25, 0.3) is 0 Å². The van der Waals surface area contributed by atoms with E-state index in [9.17, 15) is 4.79 Å². The van der Waals surface area contributed by atoms with Gasteiger partial charge in [-0.15, -0.1) is 12.4 Å². The largest absolute Gasteiger partial charge is 0.487 e. The zero-order chi connectivity index (χ0) is 15.8. The number of carbonyl (C=O) groups excluding carboxylic acids is 1. The highest BCUT2D eigenvalue weighted by molar-refractivity contribution is 6.32. The normalized spacial score (nSPS) is 13.2. The molecule has 4 nitrogen and oxygen atoms in total. The Labute approximate surface area is 144 Å². The predicted octanol–water partition coefficient (Wildman–Crippen LogP) is 3.41. The first kappa shape index (κ1) is 21.0. The number of para-hydroxylation sites is 1. The minimum atomic E-state index is -0.470. The van der Waals surface area contributed by atoms with Gasteiger partial charge in [-0.2, -0.15) is 0 Å². The topological polar surface area (TPSA) is 64.4 Å². The molecule has 0 saturated carbocycles.